The van der Waals surface area contributed by atoms with Crippen molar-refractivity contribution in [1.29, 1.82) is 0 Å². The molecular formula is C16H20N4O. The Bertz CT molecular complexity index is 608. The van der Waals surface area contributed by atoms with Crippen molar-refractivity contribution in [2.45, 2.75) is 19.8 Å². The highest BCUT2D eigenvalue weighted by Gasteiger charge is 2.21. The Labute approximate surface area is 124 Å². The number of benzene rings is 1. The first-order chi connectivity index (χ1) is 10.2. The molecule has 2 heterocycles. The molecule has 5 nitrogen and oxygen atoms in total. The molecule has 1 aliphatic heterocycles. The molecule has 1 saturated heterocycles. The van der Waals surface area contributed by atoms with E-state index < -0.39 is 0 Å². The number of nitrogens with one attached hydrogen (secondary N) is 1. The molecule has 0 saturated carbocycles. The maximum absolute atomic E-state index is 12.2. The predicted octanol–water partition coefficient (Wildman–Crippen LogP) is 3.14. The van der Waals surface area contributed by atoms with Crippen LogP contribution >= 0.6 is 0 Å². The van der Waals surface area contributed by atoms with Crippen LogP contribution < -0.4 is 5.32 Å². The lowest BCUT2D eigenvalue weighted by Gasteiger charge is -2.30. The van der Waals surface area contributed by atoms with E-state index in [1.807, 2.05) is 41.4 Å². The summed E-state index contributed by atoms with van der Waals surface area (Å²) < 4.78 is 1.76. The molecule has 0 unspecified atom stereocenters. The number of para-hydroxylation sites is 1. The molecule has 0 radical (unpaired) electrons. The maximum Gasteiger partial charge on any atom is 0.321 e. The van der Waals surface area contributed by atoms with E-state index >= 15 is 0 Å². The highest BCUT2D eigenvalue weighted by Crippen LogP contribution is 2.17. The lowest BCUT2D eigenvalue weighted by atomic mass is 10.0. The Hall–Kier alpha value is -2.30. The summed E-state index contributed by atoms with van der Waals surface area (Å²) in [6.45, 7) is 3.86. The largest absolute Gasteiger partial charge is 0.324 e. The zero-order chi connectivity index (χ0) is 14.7. The van der Waals surface area contributed by atoms with Gasteiger partial charge in [-0.3, -0.25) is 0 Å². The third-order valence-electron chi connectivity index (χ3n) is 3.80. The van der Waals surface area contributed by atoms with Crippen LogP contribution in [0, 0.1) is 5.92 Å². The second-order valence-corrected chi connectivity index (χ2v) is 5.63. The number of urea groups is 1. The van der Waals surface area contributed by atoms with Gasteiger partial charge in [0.15, 0.2) is 0 Å². The molecule has 0 aliphatic carbocycles. The molecule has 110 valence electrons. The van der Waals surface area contributed by atoms with Gasteiger partial charge in [-0.2, -0.15) is 5.10 Å². The molecule has 3 rings (SSSR count). The maximum atomic E-state index is 12.2. The van der Waals surface area contributed by atoms with Crippen molar-refractivity contribution >= 4 is 11.7 Å². The molecule has 2 aromatic rings. The molecule has 5 heteroatoms. The summed E-state index contributed by atoms with van der Waals surface area (Å²) in [5.74, 6) is 0.580. The average molecular weight is 284 g/mol. The average Bonchev–Trinajstić information content (AvgIpc) is 2.97. The Morgan fingerprint density at radius 1 is 1.33 bits per heavy atom. The molecule has 2 amide bonds. The van der Waals surface area contributed by atoms with Crippen LogP contribution in [0.5, 0.6) is 0 Å². The Morgan fingerprint density at radius 2 is 2.14 bits per heavy atom. The second kappa shape index (κ2) is 5.99. The van der Waals surface area contributed by atoms with E-state index in [1.54, 1.807) is 10.9 Å². The van der Waals surface area contributed by atoms with Crippen LogP contribution in [-0.2, 0) is 0 Å². The summed E-state index contributed by atoms with van der Waals surface area (Å²) in [5.41, 5.74) is 1.70. The van der Waals surface area contributed by atoms with Crippen LogP contribution in [-0.4, -0.2) is 33.8 Å². The summed E-state index contributed by atoms with van der Waals surface area (Å²) >= 11 is 0. The number of carbonyl (C=O) groups is 1. The van der Waals surface area contributed by atoms with E-state index in [2.05, 4.69) is 17.3 Å². The van der Waals surface area contributed by atoms with Crippen LogP contribution in [0.4, 0.5) is 10.5 Å². The van der Waals surface area contributed by atoms with Crippen LogP contribution in [0.15, 0.2) is 42.7 Å². The first-order valence-electron chi connectivity index (χ1n) is 7.38. The summed E-state index contributed by atoms with van der Waals surface area (Å²) in [5, 5.41) is 7.21. The molecule has 0 spiro atoms. The molecule has 1 aromatic heterocycles. The van der Waals surface area contributed by atoms with Crippen molar-refractivity contribution in [2.24, 2.45) is 5.92 Å². The minimum atomic E-state index is -0.0332. The summed E-state index contributed by atoms with van der Waals surface area (Å²) in [6, 6.07) is 9.81. The number of anilines is 1. The van der Waals surface area contributed by atoms with E-state index in [0.717, 1.165) is 30.9 Å². The summed E-state index contributed by atoms with van der Waals surface area (Å²) in [4.78, 5) is 14.1. The van der Waals surface area contributed by atoms with Gasteiger partial charge in [0.1, 0.15) is 0 Å². The van der Waals surface area contributed by atoms with Gasteiger partial charge < -0.3 is 10.2 Å². The van der Waals surface area contributed by atoms with Crippen molar-refractivity contribution in [1.82, 2.24) is 14.7 Å². The Balaban J connectivity index is 1.66. The van der Waals surface area contributed by atoms with Gasteiger partial charge in [0.25, 0.3) is 0 Å². The van der Waals surface area contributed by atoms with Gasteiger partial charge in [0, 0.05) is 13.1 Å². The summed E-state index contributed by atoms with van der Waals surface area (Å²) in [6.07, 6.45) is 5.80. The van der Waals surface area contributed by atoms with Crippen molar-refractivity contribution in [2.75, 3.05) is 18.4 Å². The number of amides is 2. The lowest BCUT2D eigenvalue weighted by Crippen LogP contribution is -2.41. The topological polar surface area (TPSA) is 50.2 Å². The lowest BCUT2D eigenvalue weighted by molar-refractivity contribution is 0.182. The fourth-order valence-electron chi connectivity index (χ4n) is 2.69. The zero-order valence-electron chi connectivity index (χ0n) is 12.2. The molecule has 1 N–H and O–H groups in total. The quantitative estimate of drug-likeness (QED) is 0.921. The fraction of sp³-hybridized carbons (Fsp3) is 0.375. The first kappa shape index (κ1) is 13.7. The molecule has 1 atom stereocenters. The number of hydrogen-bond acceptors (Lipinski definition) is 2. The number of likely N-dealkylation sites (tertiary alicyclic amines) is 1. The standard InChI is InChI=1S/C16H20N4O/c1-13-6-5-9-19(11-13)16(21)18-14-10-17-20(12-14)15-7-3-2-4-8-15/h2-4,7-8,10,12-13H,5-6,9,11H2,1H3,(H,18,21)/t13-/m0/s1. The molecule has 0 bridgehead atoms. The van der Waals surface area contributed by atoms with Gasteiger partial charge >= 0.3 is 6.03 Å². The highest BCUT2D eigenvalue weighted by molar-refractivity contribution is 5.89. The van der Waals surface area contributed by atoms with E-state index in [9.17, 15) is 4.79 Å². The van der Waals surface area contributed by atoms with Gasteiger partial charge in [0.2, 0.25) is 0 Å². The van der Waals surface area contributed by atoms with E-state index in [-0.39, 0.29) is 6.03 Å². The first-order valence-corrected chi connectivity index (χ1v) is 7.38. The number of carbonyl (C=O) groups excluding carboxylic acids is 1. The smallest absolute Gasteiger partial charge is 0.321 e. The van der Waals surface area contributed by atoms with Crippen LogP contribution in [0.25, 0.3) is 5.69 Å². The predicted molar refractivity (Wildman–Crippen MR) is 82.6 cm³/mol. The second-order valence-electron chi connectivity index (χ2n) is 5.63. The number of nitrogens with zero attached hydrogens (tertiary/aromatic N) is 3. The third kappa shape index (κ3) is 3.24. The highest BCUT2D eigenvalue weighted by atomic mass is 16.2. The molecule has 1 aromatic carbocycles. The van der Waals surface area contributed by atoms with Crippen molar-refractivity contribution in [3.05, 3.63) is 42.7 Å². The van der Waals surface area contributed by atoms with Gasteiger partial charge in [-0.1, -0.05) is 25.1 Å². The van der Waals surface area contributed by atoms with Crippen LogP contribution in [0.2, 0.25) is 0 Å². The zero-order valence-corrected chi connectivity index (χ0v) is 12.2. The number of aromatic nitrogens is 2. The Kier molecular flexibility index (Phi) is 3.90. The number of rotatable bonds is 2. The van der Waals surface area contributed by atoms with Crippen LogP contribution in [0.3, 0.4) is 0 Å². The van der Waals surface area contributed by atoms with Gasteiger partial charge in [0.05, 0.1) is 23.8 Å². The molecule has 1 fully saturated rings. The van der Waals surface area contributed by atoms with E-state index in [1.165, 1.54) is 6.42 Å². The van der Waals surface area contributed by atoms with Crippen molar-refractivity contribution in [3.8, 4) is 5.69 Å². The summed E-state index contributed by atoms with van der Waals surface area (Å²) in [7, 11) is 0. The molecule has 21 heavy (non-hydrogen) atoms. The number of hydrogen-bond donors (Lipinski definition) is 1. The van der Waals surface area contributed by atoms with E-state index in [0.29, 0.717) is 5.92 Å². The van der Waals surface area contributed by atoms with Gasteiger partial charge in [-0.25, -0.2) is 9.48 Å². The minimum Gasteiger partial charge on any atom is -0.324 e. The molecular weight excluding hydrogens is 264 g/mol. The molecule has 1 aliphatic rings. The van der Waals surface area contributed by atoms with Crippen LogP contribution in [0.1, 0.15) is 19.8 Å². The monoisotopic (exact) mass is 284 g/mol. The SMILES string of the molecule is C[C@H]1CCCN(C(=O)Nc2cnn(-c3ccccc3)c2)C1. The van der Waals surface area contributed by atoms with Gasteiger partial charge in [-0.05, 0) is 30.9 Å². The number of piperidine rings is 1. The van der Waals surface area contributed by atoms with E-state index in [4.69, 9.17) is 0 Å². The van der Waals surface area contributed by atoms with Crippen molar-refractivity contribution in [3.63, 3.8) is 0 Å². The minimum absolute atomic E-state index is 0.0332. The van der Waals surface area contributed by atoms with Crippen molar-refractivity contribution < 1.29 is 4.79 Å². The Morgan fingerprint density at radius 3 is 2.90 bits per heavy atom. The third-order valence-corrected chi connectivity index (χ3v) is 3.80. The van der Waals surface area contributed by atoms with Gasteiger partial charge in [-0.15, -0.1) is 0 Å². The fourth-order valence-corrected chi connectivity index (χ4v) is 2.69. The normalized spacial score (nSPS) is 18.5.